The molecule has 2 N–H and O–H groups in total. The van der Waals surface area contributed by atoms with E-state index >= 15 is 0 Å². The van der Waals surface area contributed by atoms with Crippen molar-refractivity contribution in [3.63, 3.8) is 0 Å². The molecule has 0 radical (unpaired) electrons. The lowest BCUT2D eigenvalue weighted by Crippen LogP contribution is -2.35. The predicted molar refractivity (Wildman–Crippen MR) is 85.7 cm³/mol. The summed E-state index contributed by atoms with van der Waals surface area (Å²) in [5.41, 5.74) is 0.518. The van der Waals surface area contributed by atoms with Crippen molar-refractivity contribution in [2.45, 2.75) is 24.8 Å². The Hall–Kier alpha value is -3.07. The Balaban J connectivity index is 1.86. The second-order valence-electron chi connectivity index (χ2n) is 5.64. The summed E-state index contributed by atoms with van der Waals surface area (Å²) in [4.78, 5) is 41.3. The number of aromatic nitrogens is 2. The second-order valence-corrected chi connectivity index (χ2v) is 5.64. The van der Waals surface area contributed by atoms with Gasteiger partial charge in [0.2, 0.25) is 5.82 Å². The molecule has 130 valence electrons. The van der Waals surface area contributed by atoms with E-state index in [0.717, 1.165) is 12.6 Å². The third-order valence-electron chi connectivity index (χ3n) is 3.97. The number of nitrogens with one attached hydrogen (secondary N) is 2. The highest BCUT2D eigenvalue weighted by Gasteiger charge is 2.34. The Morgan fingerprint density at radius 2 is 2.08 bits per heavy atom. The fourth-order valence-electron chi connectivity index (χ4n) is 2.73. The Bertz CT molecular complexity index is 783. The van der Waals surface area contributed by atoms with Crippen LogP contribution in [0.1, 0.15) is 30.1 Å². The van der Waals surface area contributed by atoms with Crippen LogP contribution in [0.2, 0.25) is 0 Å². The van der Waals surface area contributed by atoms with Gasteiger partial charge in [-0.2, -0.15) is 0 Å². The molecule has 9 heteroatoms. The van der Waals surface area contributed by atoms with Crippen LogP contribution in [0.4, 0.5) is 5.82 Å². The van der Waals surface area contributed by atoms with Gasteiger partial charge >= 0.3 is 17.8 Å². The molecular formula is C16H16N4O5. The van der Waals surface area contributed by atoms with Crippen LogP contribution in [0, 0.1) is 10.1 Å². The van der Waals surface area contributed by atoms with Gasteiger partial charge in [0, 0.05) is 0 Å². The molecule has 2 heterocycles. The lowest BCUT2D eigenvalue weighted by atomic mass is 9.98. The average Bonchev–Trinajstić information content (AvgIpc) is 3.28. The maximum Gasteiger partial charge on any atom is 0.340 e. The van der Waals surface area contributed by atoms with Gasteiger partial charge in [-0.15, -0.1) is 0 Å². The number of nitrogens with zero attached hydrogens (tertiary/aromatic N) is 2. The molecule has 1 aromatic carbocycles. The number of imidazole rings is 1. The minimum atomic E-state index is -1.06. The molecule has 1 unspecified atom stereocenters. The van der Waals surface area contributed by atoms with Crippen LogP contribution in [-0.4, -0.2) is 39.4 Å². The molecular weight excluding hydrogens is 328 g/mol. The zero-order valence-electron chi connectivity index (χ0n) is 13.2. The third kappa shape index (κ3) is 3.72. The number of ether oxygens (including phenoxy) is 1. The summed E-state index contributed by atoms with van der Waals surface area (Å²) in [6.07, 6.45) is 2.47. The van der Waals surface area contributed by atoms with E-state index in [9.17, 15) is 19.7 Å². The highest BCUT2D eigenvalue weighted by molar-refractivity contribution is 5.93. The van der Waals surface area contributed by atoms with E-state index in [4.69, 9.17) is 4.74 Å². The first kappa shape index (κ1) is 16.8. The number of hydrogen-bond acceptors (Lipinski definition) is 7. The van der Waals surface area contributed by atoms with Crippen molar-refractivity contribution < 1.29 is 19.2 Å². The lowest BCUT2D eigenvalue weighted by Gasteiger charge is -2.14. The van der Waals surface area contributed by atoms with Gasteiger partial charge < -0.3 is 20.2 Å². The highest BCUT2D eigenvalue weighted by atomic mass is 16.6. The van der Waals surface area contributed by atoms with Crippen molar-refractivity contribution in [1.82, 2.24) is 15.3 Å². The van der Waals surface area contributed by atoms with Gasteiger partial charge in [-0.25, -0.2) is 14.8 Å². The molecule has 0 bridgehead atoms. The molecule has 1 fully saturated rings. The Kier molecular flexibility index (Phi) is 4.85. The van der Waals surface area contributed by atoms with Crippen LogP contribution in [0.5, 0.6) is 0 Å². The van der Waals surface area contributed by atoms with Crippen LogP contribution >= 0.6 is 0 Å². The molecule has 1 aliphatic heterocycles. The molecule has 9 nitrogen and oxygen atoms in total. The first-order chi connectivity index (χ1) is 12.1. The molecule has 1 aromatic heterocycles. The van der Waals surface area contributed by atoms with Gasteiger partial charge in [0.15, 0.2) is 5.92 Å². The zero-order valence-corrected chi connectivity index (χ0v) is 13.2. The number of carbonyl (C=O) groups is 2. The van der Waals surface area contributed by atoms with Gasteiger partial charge in [0.25, 0.3) is 0 Å². The molecule has 3 rings (SSSR count). The zero-order chi connectivity index (χ0) is 17.8. The van der Waals surface area contributed by atoms with Crippen LogP contribution < -0.4 is 5.32 Å². The first-order valence-corrected chi connectivity index (χ1v) is 7.79. The second kappa shape index (κ2) is 7.22. The summed E-state index contributed by atoms with van der Waals surface area (Å²) < 4.78 is 5.00. The van der Waals surface area contributed by atoms with Gasteiger partial charge in [-0.05, 0) is 29.9 Å². The van der Waals surface area contributed by atoms with Crippen molar-refractivity contribution in [2.24, 2.45) is 0 Å². The van der Waals surface area contributed by atoms with Crippen molar-refractivity contribution >= 4 is 17.8 Å². The van der Waals surface area contributed by atoms with Crippen molar-refractivity contribution in [2.75, 3.05) is 6.54 Å². The van der Waals surface area contributed by atoms with E-state index in [1.54, 1.807) is 30.3 Å². The number of nitro groups is 1. The van der Waals surface area contributed by atoms with Crippen molar-refractivity contribution in [1.29, 1.82) is 0 Å². The largest absolute Gasteiger partial charge is 0.391 e. The molecule has 0 saturated carbocycles. The summed E-state index contributed by atoms with van der Waals surface area (Å²) >= 11 is 0. The smallest absolute Gasteiger partial charge is 0.340 e. The van der Waals surface area contributed by atoms with Gasteiger partial charge in [0.1, 0.15) is 12.2 Å². The number of esters is 2. The number of aromatic amines is 1. The summed E-state index contributed by atoms with van der Waals surface area (Å²) in [5, 5.41) is 13.8. The maximum absolute atomic E-state index is 12.6. The van der Waals surface area contributed by atoms with Gasteiger partial charge in [-0.3, -0.25) is 4.79 Å². The minimum absolute atomic E-state index is 0.0510. The SMILES string of the molecule is O=C(OC(=O)[C@@H](c1ccccc1)c1ncc([N+](=O)[O-])[nH]1)C1CCCN1. The summed E-state index contributed by atoms with van der Waals surface area (Å²) in [6, 6.07) is 8.02. The monoisotopic (exact) mass is 344 g/mol. The van der Waals surface area contributed by atoms with E-state index in [1.807, 2.05) is 0 Å². The average molecular weight is 344 g/mol. The molecule has 0 spiro atoms. The van der Waals surface area contributed by atoms with Crippen LogP contribution in [0.15, 0.2) is 36.5 Å². The van der Waals surface area contributed by atoms with Crippen molar-refractivity contribution in [3.05, 3.63) is 58.0 Å². The number of hydrogen-bond donors (Lipinski definition) is 2. The summed E-state index contributed by atoms with van der Waals surface area (Å²) in [5.74, 6) is -2.82. The van der Waals surface area contributed by atoms with Crippen LogP contribution in [0.3, 0.4) is 0 Å². The van der Waals surface area contributed by atoms with Crippen LogP contribution in [-0.2, 0) is 14.3 Å². The van der Waals surface area contributed by atoms with E-state index < -0.39 is 28.8 Å². The molecule has 2 aromatic rings. The van der Waals surface area contributed by atoms with Crippen molar-refractivity contribution in [3.8, 4) is 0 Å². The molecule has 2 atom stereocenters. The normalized spacial score (nSPS) is 17.8. The van der Waals surface area contributed by atoms with Gasteiger partial charge in [0.05, 0.1) is 0 Å². The Labute approximate surface area is 142 Å². The number of benzene rings is 1. The Morgan fingerprint density at radius 1 is 1.32 bits per heavy atom. The third-order valence-corrected chi connectivity index (χ3v) is 3.97. The maximum atomic E-state index is 12.6. The van der Waals surface area contributed by atoms with E-state index in [-0.39, 0.29) is 11.6 Å². The quantitative estimate of drug-likeness (QED) is 0.362. The van der Waals surface area contributed by atoms with E-state index in [1.165, 1.54) is 0 Å². The Morgan fingerprint density at radius 3 is 2.68 bits per heavy atom. The molecule has 0 amide bonds. The highest BCUT2D eigenvalue weighted by Crippen LogP contribution is 2.25. The van der Waals surface area contributed by atoms with E-state index in [2.05, 4.69) is 15.3 Å². The fourth-order valence-corrected chi connectivity index (χ4v) is 2.73. The number of H-pyrrole nitrogens is 1. The first-order valence-electron chi connectivity index (χ1n) is 7.79. The van der Waals surface area contributed by atoms with Crippen LogP contribution in [0.25, 0.3) is 0 Å². The minimum Gasteiger partial charge on any atom is -0.391 e. The predicted octanol–water partition coefficient (Wildman–Crippen LogP) is 1.27. The molecule has 1 aliphatic rings. The fraction of sp³-hybridized carbons (Fsp3) is 0.312. The van der Waals surface area contributed by atoms with E-state index in [0.29, 0.717) is 18.5 Å². The molecule has 1 saturated heterocycles. The van der Waals surface area contributed by atoms with Gasteiger partial charge in [-0.1, -0.05) is 30.3 Å². The number of rotatable bonds is 5. The topological polar surface area (TPSA) is 127 Å². The summed E-state index contributed by atoms with van der Waals surface area (Å²) in [7, 11) is 0. The summed E-state index contributed by atoms with van der Waals surface area (Å²) in [6.45, 7) is 0.695. The molecule has 25 heavy (non-hydrogen) atoms. The number of carbonyl (C=O) groups excluding carboxylic acids is 2. The standard InChI is InChI=1S/C16H16N4O5/c21-15(11-7-4-8-17-11)25-16(22)13(10-5-2-1-3-6-10)14-18-9-12(19-14)20(23)24/h1-3,5-6,9,11,13,17H,4,7-8H2,(H,18,19)/t11?,13-/m0/s1. The molecule has 0 aliphatic carbocycles. The lowest BCUT2D eigenvalue weighted by molar-refractivity contribution is -0.389.